The predicted molar refractivity (Wildman–Crippen MR) is 79.2 cm³/mol. The Morgan fingerprint density at radius 3 is 2.76 bits per heavy atom. The van der Waals surface area contributed by atoms with Crippen LogP contribution in [0, 0.1) is 0 Å². The van der Waals surface area contributed by atoms with Crippen LogP contribution in [0.5, 0.6) is 5.75 Å². The number of hydrogen-bond donors (Lipinski definition) is 3. The molecule has 0 saturated carbocycles. The van der Waals surface area contributed by atoms with Crippen molar-refractivity contribution in [3.8, 4) is 5.75 Å². The fourth-order valence-corrected chi connectivity index (χ4v) is 2.24. The van der Waals surface area contributed by atoms with E-state index < -0.39 is 0 Å². The summed E-state index contributed by atoms with van der Waals surface area (Å²) in [6.07, 6.45) is 1.13. The van der Waals surface area contributed by atoms with Crippen molar-refractivity contribution in [3.05, 3.63) is 29.3 Å². The van der Waals surface area contributed by atoms with E-state index >= 15 is 0 Å². The maximum absolute atomic E-state index is 11.6. The lowest BCUT2D eigenvalue weighted by Crippen LogP contribution is -2.39. The highest BCUT2D eigenvalue weighted by Crippen LogP contribution is 2.29. The molecule has 1 aromatic carbocycles. The standard InChI is InChI=1S/C15H21N3O3/c1-10-7-13-8-12(3-4-14(13)21-10)9-18-15(20)17-6-5-16-11(2)19/h3-4,8,10H,5-7,9H2,1-2H3,(H,16,19)(H2,17,18,20)/t10-/m1/s1. The zero-order chi connectivity index (χ0) is 15.2. The largest absolute Gasteiger partial charge is 0.490 e. The molecule has 1 aliphatic heterocycles. The molecule has 1 aliphatic rings. The first-order valence-corrected chi connectivity index (χ1v) is 7.09. The van der Waals surface area contributed by atoms with Crippen LogP contribution in [0.1, 0.15) is 25.0 Å². The number of amides is 3. The second-order valence-corrected chi connectivity index (χ2v) is 5.17. The van der Waals surface area contributed by atoms with E-state index in [1.807, 2.05) is 19.1 Å². The molecule has 1 aromatic rings. The van der Waals surface area contributed by atoms with E-state index in [4.69, 9.17) is 4.74 Å². The number of rotatable bonds is 5. The Bertz CT molecular complexity index is 531. The third-order valence-corrected chi connectivity index (χ3v) is 3.20. The zero-order valence-electron chi connectivity index (χ0n) is 12.4. The zero-order valence-corrected chi connectivity index (χ0v) is 12.4. The first kappa shape index (κ1) is 15.2. The molecule has 3 amide bonds. The van der Waals surface area contributed by atoms with Gasteiger partial charge < -0.3 is 20.7 Å². The summed E-state index contributed by atoms with van der Waals surface area (Å²) in [7, 11) is 0. The molecule has 1 atom stereocenters. The molecule has 0 saturated heterocycles. The van der Waals surface area contributed by atoms with Crippen molar-refractivity contribution in [2.24, 2.45) is 0 Å². The van der Waals surface area contributed by atoms with Crippen LogP contribution >= 0.6 is 0 Å². The molecule has 0 aromatic heterocycles. The van der Waals surface area contributed by atoms with Crippen LogP contribution in [0.3, 0.4) is 0 Å². The van der Waals surface area contributed by atoms with Gasteiger partial charge in [0.1, 0.15) is 11.9 Å². The van der Waals surface area contributed by atoms with Gasteiger partial charge in [0.15, 0.2) is 0 Å². The number of urea groups is 1. The van der Waals surface area contributed by atoms with Gasteiger partial charge >= 0.3 is 6.03 Å². The smallest absolute Gasteiger partial charge is 0.315 e. The Balaban J connectivity index is 1.72. The monoisotopic (exact) mass is 291 g/mol. The van der Waals surface area contributed by atoms with Crippen LogP contribution in [-0.2, 0) is 17.8 Å². The van der Waals surface area contributed by atoms with Crippen molar-refractivity contribution in [2.45, 2.75) is 32.9 Å². The summed E-state index contributed by atoms with van der Waals surface area (Å²) in [5, 5.41) is 8.08. The highest BCUT2D eigenvalue weighted by atomic mass is 16.5. The highest BCUT2D eigenvalue weighted by molar-refractivity contribution is 5.74. The van der Waals surface area contributed by atoms with Gasteiger partial charge in [-0.2, -0.15) is 0 Å². The molecule has 3 N–H and O–H groups in total. The Morgan fingerprint density at radius 2 is 2.00 bits per heavy atom. The number of carbonyl (C=O) groups excluding carboxylic acids is 2. The predicted octanol–water partition coefficient (Wildman–Crippen LogP) is 0.945. The van der Waals surface area contributed by atoms with Crippen LogP contribution < -0.4 is 20.7 Å². The van der Waals surface area contributed by atoms with Gasteiger partial charge in [-0.05, 0) is 24.1 Å². The lowest BCUT2D eigenvalue weighted by atomic mass is 10.1. The maximum Gasteiger partial charge on any atom is 0.315 e. The fourth-order valence-electron chi connectivity index (χ4n) is 2.24. The summed E-state index contributed by atoms with van der Waals surface area (Å²) in [6, 6.07) is 5.72. The van der Waals surface area contributed by atoms with E-state index in [2.05, 4.69) is 22.0 Å². The molecular weight excluding hydrogens is 270 g/mol. The quantitative estimate of drug-likeness (QED) is 0.707. The number of benzene rings is 1. The average molecular weight is 291 g/mol. The van der Waals surface area contributed by atoms with Gasteiger partial charge in [0.05, 0.1) is 0 Å². The van der Waals surface area contributed by atoms with Crippen LogP contribution in [0.15, 0.2) is 18.2 Å². The number of nitrogens with one attached hydrogen (secondary N) is 3. The van der Waals surface area contributed by atoms with E-state index in [0.717, 1.165) is 17.7 Å². The molecule has 21 heavy (non-hydrogen) atoms. The molecule has 0 radical (unpaired) electrons. The van der Waals surface area contributed by atoms with Gasteiger partial charge in [-0.25, -0.2) is 4.79 Å². The van der Waals surface area contributed by atoms with E-state index in [0.29, 0.717) is 19.6 Å². The van der Waals surface area contributed by atoms with Crippen LogP contribution in [0.4, 0.5) is 4.79 Å². The fraction of sp³-hybridized carbons (Fsp3) is 0.467. The molecule has 6 heteroatoms. The maximum atomic E-state index is 11.6. The van der Waals surface area contributed by atoms with Gasteiger partial charge in [-0.3, -0.25) is 4.79 Å². The molecule has 2 rings (SSSR count). The molecule has 6 nitrogen and oxygen atoms in total. The van der Waals surface area contributed by atoms with Crippen molar-refractivity contribution < 1.29 is 14.3 Å². The highest BCUT2D eigenvalue weighted by Gasteiger charge is 2.18. The topological polar surface area (TPSA) is 79.5 Å². The van der Waals surface area contributed by atoms with Gasteiger partial charge in [0.2, 0.25) is 5.91 Å². The summed E-state index contributed by atoms with van der Waals surface area (Å²) < 4.78 is 5.64. The molecule has 0 unspecified atom stereocenters. The molecular formula is C15H21N3O3. The van der Waals surface area contributed by atoms with Crippen LogP contribution in [0.25, 0.3) is 0 Å². The van der Waals surface area contributed by atoms with Crippen molar-refractivity contribution >= 4 is 11.9 Å². The number of ether oxygens (including phenoxy) is 1. The van der Waals surface area contributed by atoms with Gasteiger partial charge in [-0.1, -0.05) is 12.1 Å². The molecule has 114 valence electrons. The third kappa shape index (κ3) is 4.66. The minimum atomic E-state index is -0.245. The Kier molecular flexibility index (Phi) is 5.03. The summed E-state index contributed by atoms with van der Waals surface area (Å²) in [5.41, 5.74) is 2.23. The van der Waals surface area contributed by atoms with Crippen molar-refractivity contribution in [1.29, 1.82) is 0 Å². The van der Waals surface area contributed by atoms with Crippen molar-refractivity contribution in [2.75, 3.05) is 13.1 Å². The number of hydrogen-bond acceptors (Lipinski definition) is 3. The van der Waals surface area contributed by atoms with Gasteiger partial charge in [-0.15, -0.1) is 0 Å². The Morgan fingerprint density at radius 1 is 1.24 bits per heavy atom. The van der Waals surface area contributed by atoms with E-state index in [-0.39, 0.29) is 18.0 Å². The summed E-state index contributed by atoms with van der Waals surface area (Å²) in [5.74, 6) is 0.831. The lowest BCUT2D eigenvalue weighted by molar-refractivity contribution is -0.118. The first-order chi connectivity index (χ1) is 10.0. The van der Waals surface area contributed by atoms with Crippen molar-refractivity contribution in [1.82, 2.24) is 16.0 Å². The number of carbonyl (C=O) groups is 2. The molecule has 0 bridgehead atoms. The molecule has 0 spiro atoms. The van der Waals surface area contributed by atoms with Gasteiger partial charge in [0, 0.05) is 33.0 Å². The Hall–Kier alpha value is -2.24. The second kappa shape index (κ2) is 6.97. The van der Waals surface area contributed by atoms with Crippen LogP contribution in [0.2, 0.25) is 0 Å². The minimum Gasteiger partial charge on any atom is -0.490 e. The average Bonchev–Trinajstić information content (AvgIpc) is 2.80. The lowest BCUT2D eigenvalue weighted by Gasteiger charge is -2.09. The Labute approximate surface area is 124 Å². The van der Waals surface area contributed by atoms with E-state index in [1.165, 1.54) is 12.5 Å². The summed E-state index contributed by atoms with van der Waals surface area (Å²) in [4.78, 5) is 22.3. The first-order valence-electron chi connectivity index (χ1n) is 7.09. The van der Waals surface area contributed by atoms with E-state index in [9.17, 15) is 9.59 Å². The third-order valence-electron chi connectivity index (χ3n) is 3.20. The van der Waals surface area contributed by atoms with Gasteiger partial charge in [0.25, 0.3) is 0 Å². The number of fused-ring (bicyclic) bond motifs is 1. The molecule has 0 fully saturated rings. The summed E-state index contributed by atoms with van der Waals surface area (Å²) >= 11 is 0. The molecule has 1 heterocycles. The van der Waals surface area contributed by atoms with E-state index in [1.54, 1.807) is 0 Å². The normalized spacial score (nSPS) is 15.8. The minimum absolute atomic E-state index is 0.105. The summed E-state index contributed by atoms with van der Waals surface area (Å²) in [6.45, 7) is 4.78. The van der Waals surface area contributed by atoms with Crippen molar-refractivity contribution in [3.63, 3.8) is 0 Å². The van der Waals surface area contributed by atoms with Crippen LogP contribution in [-0.4, -0.2) is 31.1 Å². The SMILES string of the molecule is CC(=O)NCCNC(=O)NCc1ccc2c(c1)C[C@@H](C)O2. The molecule has 0 aliphatic carbocycles. The second-order valence-electron chi connectivity index (χ2n) is 5.17.